The first-order valence-electron chi connectivity index (χ1n) is 6.26. The van der Waals surface area contributed by atoms with E-state index in [4.69, 9.17) is 10.5 Å². The molecule has 6 heteroatoms. The average Bonchev–Trinajstić information content (AvgIpc) is 2.34. The van der Waals surface area contributed by atoms with Crippen LogP contribution in [0.3, 0.4) is 0 Å². The van der Waals surface area contributed by atoms with Gasteiger partial charge in [-0.05, 0) is 36.5 Å². The van der Waals surface area contributed by atoms with E-state index in [2.05, 4.69) is 0 Å². The van der Waals surface area contributed by atoms with Gasteiger partial charge in [-0.25, -0.2) is 0 Å². The summed E-state index contributed by atoms with van der Waals surface area (Å²) in [5.74, 6) is 0.603. The second kappa shape index (κ2) is 7.74. The predicted octanol–water partition coefficient (Wildman–Crippen LogP) is 4.57. The quantitative estimate of drug-likeness (QED) is 0.864. The molecule has 2 nitrogen and oxygen atoms in total. The van der Waals surface area contributed by atoms with Gasteiger partial charge in [0, 0.05) is 6.04 Å². The van der Waals surface area contributed by atoms with E-state index in [0.29, 0.717) is 12.3 Å². The first-order chi connectivity index (χ1) is 8.75. The van der Waals surface area contributed by atoms with E-state index in [9.17, 15) is 13.2 Å². The Morgan fingerprint density at radius 3 is 2.25 bits per heavy atom. The van der Waals surface area contributed by atoms with Crippen LogP contribution < -0.4 is 10.5 Å². The summed E-state index contributed by atoms with van der Waals surface area (Å²) in [7, 11) is 1.34. The molecule has 0 spiro atoms. The summed E-state index contributed by atoms with van der Waals surface area (Å²) in [6.45, 7) is 4.04. The van der Waals surface area contributed by atoms with Gasteiger partial charge in [0.15, 0.2) is 0 Å². The van der Waals surface area contributed by atoms with Crippen molar-refractivity contribution in [2.75, 3.05) is 7.11 Å². The van der Waals surface area contributed by atoms with Crippen LogP contribution in [0.1, 0.15) is 43.9 Å². The van der Waals surface area contributed by atoms with Crippen molar-refractivity contribution in [1.29, 1.82) is 0 Å². The lowest BCUT2D eigenvalue weighted by molar-refractivity contribution is -0.138. The normalized spacial score (nSPS) is 13.0. The molecule has 116 valence electrons. The van der Waals surface area contributed by atoms with E-state index in [1.54, 1.807) is 0 Å². The highest BCUT2D eigenvalue weighted by atomic mass is 35.5. The maximum atomic E-state index is 13.0. The summed E-state index contributed by atoms with van der Waals surface area (Å²) in [6.07, 6.45) is -3.09. The molecule has 1 aromatic rings. The van der Waals surface area contributed by atoms with Gasteiger partial charge < -0.3 is 10.5 Å². The largest absolute Gasteiger partial charge is 0.497 e. The van der Waals surface area contributed by atoms with Crippen LogP contribution in [0.2, 0.25) is 0 Å². The van der Waals surface area contributed by atoms with Gasteiger partial charge in [-0.15, -0.1) is 12.4 Å². The molecule has 0 heterocycles. The third-order valence-corrected chi connectivity index (χ3v) is 3.02. The minimum atomic E-state index is -4.42. The molecule has 20 heavy (non-hydrogen) atoms. The Balaban J connectivity index is 0.00000361. The number of nitrogens with two attached hydrogens (primary N) is 1. The molecule has 0 radical (unpaired) electrons. The molecule has 1 aromatic carbocycles. The number of methoxy groups -OCH3 is 1. The summed E-state index contributed by atoms with van der Waals surface area (Å²) in [5.41, 5.74) is 5.32. The fourth-order valence-corrected chi connectivity index (χ4v) is 1.90. The Bertz CT molecular complexity index is 421. The van der Waals surface area contributed by atoms with E-state index in [0.717, 1.165) is 12.5 Å². The highest BCUT2D eigenvalue weighted by Crippen LogP contribution is 2.37. The van der Waals surface area contributed by atoms with E-state index in [-0.39, 0.29) is 23.7 Å². The van der Waals surface area contributed by atoms with Crippen molar-refractivity contribution < 1.29 is 17.9 Å². The van der Waals surface area contributed by atoms with Crippen molar-refractivity contribution in [3.63, 3.8) is 0 Å². The zero-order valence-electron chi connectivity index (χ0n) is 11.8. The Labute approximate surface area is 123 Å². The summed E-state index contributed by atoms with van der Waals surface area (Å²) >= 11 is 0. The summed E-state index contributed by atoms with van der Waals surface area (Å²) in [6, 6.07) is 3.32. The van der Waals surface area contributed by atoms with E-state index in [1.165, 1.54) is 19.2 Å². The first-order valence-corrected chi connectivity index (χ1v) is 6.26. The zero-order chi connectivity index (χ0) is 14.6. The molecular weight excluding hydrogens is 291 g/mol. The highest BCUT2D eigenvalue weighted by Gasteiger charge is 2.35. The van der Waals surface area contributed by atoms with Gasteiger partial charge in [-0.2, -0.15) is 13.2 Å². The number of halogens is 4. The summed E-state index contributed by atoms with van der Waals surface area (Å²) in [4.78, 5) is 0. The summed E-state index contributed by atoms with van der Waals surface area (Å²) < 4.78 is 43.9. The minimum absolute atomic E-state index is 0. The van der Waals surface area contributed by atoms with Crippen LogP contribution in [0.25, 0.3) is 0 Å². The molecule has 0 aliphatic carbocycles. The molecule has 0 saturated heterocycles. The topological polar surface area (TPSA) is 35.2 Å². The number of rotatable bonds is 5. The van der Waals surface area contributed by atoms with Crippen LogP contribution in [-0.2, 0) is 6.18 Å². The van der Waals surface area contributed by atoms with Crippen LogP contribution in [0.5, 0.6) is 5.75 Å². The van der Waals surface area contributed by atoms with Crippen LogP contribution in [0.4, 0.5) is 13.2 Å². The van der Waals surface area contributed by atoms with Crippen molar-refractivity contribution in [2.45, 2.75) is 38.9 Å². The lowest BCUT2D eigenvalue weighted by Crippen LogP contribution is -2.18. The van der Waals surface area contributed by atoms with Gasteiger partial charge >= 0.3 is 6.18 Å². The second-order valence-corrected chi connectivity index (χ2v) is 5.03. The molecule has 0 saturated carbocycles. The summed E-state index contributed by atoms with van der Waals surface area (Å²) in [5, 5.41) is 0. The van der Waals surface area contributed by atoms with Crippen molar-refractivity contribution in [3.05, 3.63) is 29.3 Å². The van der Waals surface area contributed by atoms with Crippen molar-refractivity contribution in [2.24, 2.45) is 11.7 Å². The van der Waals surface area contributed by atoms with Crippen LogP contribution in [-0.4, -0.2) is 7.11 Å². The SMILES string of the molecule is COc1ccc([C@H](N)CCC(C)C)c(C(F)(F)F)c1.Cl. The van der Waals surface area contributed by atoms with Crippen LogP contribution in [0, 0.1) is 5.92 Å². The monoisotopic (exact) mass is 311 g/mol. The van der Waals surface area contributed by atoms with Crippen molar-refractivity contribution in [3.8, 4) is 5.75 Å². The number of benzene rings is 1. The highest BCUT2D eigenvalue weighted by molar-refractivity contribution is 5.85. The van der Waals surface area contributed by atoms with Gasteiger partial charge in [-0.1, -0.05) is 19.9 Å². The van der Waals surface area contributed by atoms with E-state index in [1.807, 2.05) is 13.8 Å². The number of ether oxygens (including phenoxy) is 1. The molecule has 0 aromatic heterocycles. The molecule has 0 unspecified atom stereocenters. The average molecular weight is 312 g/mol. The van der Waals surface area contributed by atoms with Gasteiger partial charge in [0.05, 0.1) is 12.7 Å². The smallest absolute Gasteiger partial charge is 0.416 e. The molecule has 0 aliphatic heterocycles. The fourth-order valence-electron chi connectivity index (χ4n) is 1.90. The number of alkyl halides is 3. The van der Waals surface area contributed by atoms with Gasteiger partial charge in [0.25, 0.3) is 0 Å². The number of hydrogen-bond acceptors (Lipinski definition) is 2. The first kappa shape index (κ1) is 19.1. The predicted molar refractivity (Wildman–Crippen MR) is 76.2 cm³/mol. The van der Waals surface area contributed by atoms with Crippen LogP contribution >= 0.6 is 12.4 Å². The Kier molecular flexibility index (Phi) is 7.38. The maximum Gasteiger partial charge on any atom is 0.416 e. The van der Waals surface area contributed by atoms with Gasteiger partial charge in [-0.3, -0.25) is 0 Å². The van der Waals surface area contributed by atoms with Crippen LogP contribution in [0.15, 0.2) is 18.2 Å². The third kappa shape index (κ3) is 5.21. The lowest BCUT2D eigenvalue weighted by atomic mass is 9.94. The minimum Gasteiger partial charge on any atom is -0.497 e. The third-order valence-electron chi connectivity index (χ3n) is 3.02. The molecule has 1 rings (SSSR count). The van der Waals surface area contributed by atoms with E-state index < -0.39 is 17.8 Å². The number of hydrogen-bond donors (Lipinski definition) is 1. The molecule has 0 aliphatic rings. The standard InChI is InChI=1S/C14H20F3NO.ClH/c1-9(2)4-7-13(18)11-6-5-10(19-3)8-12(11)14(15,16)17;/h5-6,8-9,13H,4,7,18H2,1-3H3;1H/t13-;/m1./s1. The van der Waals surface area contributed by atoms with Gasteiger partial charge in [0.1, 0.15) is 5.75 Å². The Morgan fingerprint density at radius 1 is 1.20 bits per heavy atom. The fraction of sp³-hybridized carbons (Fsp3) is 0.571. The Morgan fingerprint density at radius 2 is 1.80 bits per heavy atom. The molecule has 0 amide bonds. The molecule has 0 fully saturated rings. The van der Waals surface area contributed by atoms with Crippen molar-refractivity contribution >= 4 is 12.4 Å². The lowest BCUT2D eigenvalue weighted by Gasteiger charge is -2.19. The molecular formula is C14H21ClF3NO. The van der Waals surface area contributed by atoms with Crippen molar-refractivity contribution in [1.82, 2.24) is 0 Å². The van der Waals surface area contributed by atoms with Gasteiger partial charge in [0.2, 0.25) is 0 Å². The Hall–Kier alpha value is -0.940. The maximum absolute atomic E-state index is 13.0. The second-order valence-electron chi connectivity index (χ2n) is 5.03. The van der Waals surface area contributed by atoms with E-state index >= 15 is 0 Å². The zero-order valence-corrected chi connectivity index (χ0v) is 12.6. The molecule has 1 atom stereocenters. The molecule has 0 bridgehead atoms. The molecule has 2 N–H and O–H groups in total.